The summed E-state index contributed by atoms with van der Waals surface area (Å²) >= 11 is 3.39. The summed E-state index contributed by atoms with van der Waals surface area (Å²) in [6, 6.07) is 7.78. The van der Waals surface area contributed by atoms with E-state index in [4.69, 9.17) is 4.74 Å². The van der Waals surface area contributed by atoms with E-state index in [2.05, 4.69) is 15.7 Å². The van der Waals surface area contributed by atoms with Gasteiger partial charge < -0.3 is 15.0 Å². The third kappa shape index (κ3) is 6.55. The lowest BCUT2D eigenvalue weighted by Gasteiger charge is -2.31. The number of thioether (sulfide) groups is 1. The van der Waals surface area contributed by atoms with Gasteiger partial charge in [0.25, 0.3) is 5.91 Å². The van der Waals surface area contributed by atoms with Gasteiger partial charge in [0.15, 0.2) is 0 Å². The molecule has 30 heavy (non-hydrogen) atoms. The number of carbonyl (C=O) groups is 2. The standard InChI is InChI=1S/C22H29N3O3S2/c1-16-24-19(14-29-16)15-30-20-6-4-18(5-7-20)22(27)25-11-8-17(9-12-25)21(26)23-10-3-13-28-2/h4-7,14,17H,3,8-13,15H2,1-2H3,(H,23,26). The molecule has 1 aliphatic heterocycles. The lowest BCUT2D eigenvalue weighted by Crippen LogP contribution is -2.43. The minimum Gasteiger partial charge on any atom is -0.385 e. The van der Waals surface area contributed by atoms with Crippen molar-refractivity contribution in [2.45, 2.75) is 36.8 Å². The van der Waals surface area contributed by atoms with Gasteiger partial charge in [0, 0.05) is 60.9 Å². The fraction of sp³-hybridized carbons (Fsp3) is 0.500. The van der Waals surface area contributed by atoms with Gasteiger partial charge in [-0.15, -0.1) is 23.1 Å². The van der Waals surface area contributed by atoms with Crippen LogP contribution in [0.3, 0.4) is 0 Å². The van der Waals surface area contributed by atoms with Gasteiger partial charge in [-0.1, -0.05) is 0 Å². The number of piperidine rings is 1. The van der Waals surface area contributed by atoms with E-state index < -0.39 is 0 Å². The topological polar surface area (TPSA) is 71.5 Å². The number of carbonyl (C=O) groups excluding carboxylic acids is 2. The highest BCUT2D eigenvalue weighted by molar-refractivity contribution is 7.98. The average molecular weight is 448 g/mol. The van der Waals surface area contributed by atoms with Gasteiger partial charge in [-0.25, -0.2) is 4.98 Å². The minimum absolute atomic E-state index is 0.00952. The van der Waals surface area contributed by atoms with Gasteiger partial charge in [0.05, 0.1) is 10.7 Å². The number of hydrogen-bond donors (Lipinski definition) is 1. The molecule has 2 amide bonds. The van der Waals surface area contributed by atoms with Crippen molar-refractivity contribution < 1.29 is 14.3 Å². The van der Waals surface area contributed by atoms with Crippen molar-refractivity contribution in [3.63, 3.8) is 0 Å². The Morgan fingerprint density at radius 2 is 2.00 bits per heavy atom. The maximum Gasteiger partial charge on any atom is 0.253 e. The quantitative estimate of drug-likeness (QED) is 0.468. The van der Waals surface area contributed by atoms with Crippen LogP contribution in [0.25, 0.3) is 0 Å². The number of nitrogens with zero attached hydrogens (tertiary/aromatic N) is 2. The average Bonchev–Trinajstić information content (AvgIpc) is 3.20. The van der Waals surface area contributed by atoms with E-state index in [0.29, 0.717) is 44.6 Å². The Balaban J connectivity index is 1.43. The smallest absolute Gasteiger partial charge is 0.253 e. The summed E-state index contributed by atoms with van der Waals surface area (Å²) in [7, 11) is 1.66. The van der Waals surface area contributed by atoms with E-state index in [9.17, 15) is 9.59 Å². The highest BCUT2D eigenvalue weighted by Crippen LogP contribution is 2.25. The lowest BCUT2D eigenvalue weighted by molar-refractivity contribution is -0.126. The van der Waals surface area contributed by atoms with Crippen molar-refractivity contribution in [2.24, 2.45) is 5.92 Å². The van der Waals surface area contributed by atoms with Crippen molar-refractivity contribution in [2.75, 3.05) is 33.4 Å². The van der Waals surface area contributed by atoms with Gasteiger partial charge in [-0.3, -0.25) is 9.59 Å². The van der Waals surface area contributed by atoms with Crippen LogP contribution in [0, 0.1) is 12.8 Å². The van der Waals surface area contributed by atoms with Crippen LogP contribution in [0.2, 0.25) is 0 Å². The predicted octanol–water partition coefficient (Wildman–Crippen LogP) is 3.75. The minimum atomic E-state index is -0.00952. The molecular weight excluding hydrogens is 418 g/mol. The molecule has 0 unspecified atom stereocenters. The Labute approximate surface area is 186 Å². The first kappa shape index (κ1) is 22.8. The molecular formula is C22H29N3O3S2. The van der Waals surface area contributed by atoms with Crippen LogP contribution in [-0.2, 0) is 15.3 Å². The molecule has 0 spiro atoms. The van der Waals surface area contributed by atoms with Crippen molar-refractivity contribution in [1.29, 1.82) is 0 Å². The van der Waals surface area contributed by atoms with Crippen molar-refractivity contribution in [1.82, 2.24) is 15.2 Å². The van der Waals surface area contributed by atoms with Gasteiger partial charge in [0.1, 0.15) is 0 Å². The molecule has 0 atom stereocenters. The Bertz CT molecular complexity index is 830. The molecule has 1 aromatic heterocycles. The van der Waals surface area contributed by atoms with Crippen molar-refractivity contribution in [3.05, 3.63) is 45.9 Å². The zero-order chi connectivity index (χ0) is 21.3. The van der Waals surface area contributed by atoms with Gasteiger partial charge in [-0.05, 0) is 50.5 Å². The molecule has 8 heteroatoms. The van der Waals surface area contributed by atoms with E-state index in [-0.39, 0.29) is 17.7 Å². The van der Waals surface area contributed by atoms with Crippen LogP contribution >= 0.6 is 23.1 Å². The summed E-state index contributed by atoms with van der Waals surface area (Å²) in [6.07, 6.45) is 2.24. The SMILES string of the molecule is COCCCNC(=O)C1CCN(C(=O)c2ccc(SCc3csc(C)n3)cc2)CC1. The Morgan fingerprint density at radius 3 is 2.63 bits per heavy atom. The maximum atomic E-state index is 12.8. The third-order valence-corrected chi connectivity index (χ3v) is 7.00. The Kier molecular flexibility index (Phi) is 8.72. The first-order valence-electron chi connectivity index (χ1n) is 10.3. The summed E-state index contributed by atoms with van der Waals surface area (Å²) in [6.45, 7) is 4.54. The number of amides is 2. The number of ether oxygens (including phenoxy) is 1. The summed E-state index contributed by atoms with van der Waals surface area (Å²) in [5, 5.41) is 6.14. The van der Waals surface area contributed by atoms with E-state index in [1.165, 1.54) is 0 Å². The lowest BCUT2D eigenvalue weighted by atomic mass is 9.95. The Hall–Kier alpha value is -1.90. The number of rotatable bonds is 9. The second-order valence-electron chi connectivity index (χ2n) is 7.37. The van der Waals surface area contributed by atoms with Gasteiger partial charge in [-0.2, -0.15) is 0 Å². The van der Waals surface area contributed by atoms with Crippen LogP contribution in [0.4, 0.5) is 0 Å². The van der Waals surface area contributed by atoms with Crippen molar-refractivity contribution >= 4 is 34.9 Å². The molecule has 1 fully saturated rings. The Morgan fingerprint density at radius 1 is 1.27 bits per heavy atom. The van der Waals surface area contributed by atoms with Gasteiger partial charge in [0.2, 0.25) is 5.91 Å². The predicted molar refractivity (Wildman–Crippen MR) is 121 cm³/mol. The molecule has 3 rings (SSSR count). The number of hydrogen-bond acceptors (Lipinski definition) is 6. The van der Waals surface area contributed by atoms with E-state index >= 15 is 0 Å². The number of benzene rings is 1. The summed E-state index contributed by atoms with van der Waals surface area (Å²) in [5.41, 5.74) is 1.79. The monoisotopic (exact) mass is 447 g/mol. The fourth-order valence-electron chi connectivity index (χ4n) is 3.43. The van der Waals surface area contributed by atoms with E-state index in [0.717, 1.165) is 27.8 Å². The number of likely N-dealkylation sites (tertiary alicyclic amines) is 1. The first-order valence-corrected chi connectivity index (χ1v) is 12.1. The number of methoxy groups -OCH3 is 1. The third-order valence-electron chi connectivity index (χ3n) is 5.13. The second-order valence-corrected chi connectivity index (χ2v) is 9.49. The normalized spacial score (nSPS) is 14.7. The van der Waals surface area contributed by atoms with E-state index in [1.54, 1.807) is 30.2 Å². The largest absolute Gasteiger partial charge is 0.385 e. The molecule has 2 heterocycles. The fourth-order valence-corrected chi connectivity index (χ4v) is 4.93. The maximum absolute atomic E-state index is 12.8. The van der Waals surface area contributed by atoms with Crippen LogP contribution < -0.4 is 5.32 Å². The van der Waals surface area contributed by atoms with E-state index in [1.807, 2.05) is 36.1 Å². The molecule has 0 aliphatic carbocycles. The molecule has 2 aromatic rings. The van der Waals surface area contributed by atoms with Crippen molar-refractivity contribution in [3.8, 4) is 0 Å². The highest BCUT2D eigenvalue weighted by Gasteiger charge is 2.27. The number of aryl methyl sites for hydroxylation is 1. The number of nitrogens with one attached hydrogen (secondary N) is 1. The molecule has 1 N–H and O–H groups in total. The molecule has 0 saturated carbocycles. The molecule has 162 valence electrons. The van der Waals surface area contributed by atoms with Crippen LogP contribution in [0.15, 0.2) is 34.5 Å². The zero-order valence-corrected chi connectivity index (χ0v) is 19.2. The van der Waals surface area contributed by atoms with Gasteiger partial charge >= 0.3 is 0 Å². The molecule has 6 nitrogen and oxygen atoms in total. The summed E-state index contributed by atoms with van der Waals surface area (Å²) in [4.78, 5) is 32.5. The molecule has 0 radical (unpaired) electrons. The van der Waals surface area contributed by atoms with Crippen LogP contribution in [0.1, 0.15) is 40.3 Å². The highest BCUT2D eigenvalue weighted by atomic mass is 32.2. The van der Waals surface area contributed by atoms with Crippen LogP contribution in [0.5, 0.6) is 0 Å². The number of aromatic nitrogens is 1. The zero-order valence-electron chi connectivity index (χ0n) is 17.6. The first-order chi connectivity index (χ1) is 14.6. The van der Waals surface area contributed by atoms with Crippen LogP contribution in [-0.4, -0.2) is 55.0 Å². The molecule has 1 saturated heterocycles. The molecule has 1 aromatic carbocycles. The number of thiazole rings is 1. The molecule has 0 bridgehead atoms. The second kappa shape index (κ2) is 11.5. The molecule has 1 aliphatic rings. The summed E-state index contributed by atoms with van der Waals surface area (Å²) < 4.78 is 4.99. The summed E-state index contributed by atoms with van der Waals surface area (Å²) in [5.74, 6) is 0.957.